The van der Waals surface area contributed by atoms with Crippen LogP contribution in [0.15, 0.2) is 24.3 Å². The summed E-state index contributed by atoms with van der Waals surface area (Å²) in [4.78, 5) is 23.0. The number of urea groups is 1. The van der Waals surface area contributed by atoms with Crippen molar-refractivity contribution in [1.29, 1.82) is 0 Å². The van der Waals surface area contributed by atoms with Crippen LogP contribution >= 0.6 is 0 Å². The molecule has 0 bridgehead atoms. The average molecular weight is 250 g/mol. The molecule has 2 N–H and O–H groups in total. The van der Waals surface area contributed by atoms with Crippen molar-refractivity contribution in [3.05, 3.63) is 29.8 Å². The summed E-state index contributed by atoms with van der Waals surface area (Å²) in [7, 11) is 1.55. The van der Waals surface area contributed by atoms with Crippen LogP contribution in [0, 0.1) is 0 Å². The monoisotopic (exact) mass is 250 g/mol. The smallest absolute Gasteiger partial charge is 0.321 e. The van der Waals surface area contributed by atoms with Gasteiger partial charge in [0.15, 0.2) is 0 Å². The number of nitrogens with one attached hydrogen (secondary N) is 2. The average Bonchev–Trinajstić information content (AvgIpc) is 2.39. The lowest BCUT2D eigenvalue weighted by Gasteiger charge is -2.06. The van der Waals surface area contributed by atoms with Crippen LogP contribution in [0.25, 0.3) is 0 Å². The molecule has 5 nitrogen and oxygen atoms in total. The van der Waals surface area contributed by atoms with E-state index in [-0.39, 0.29) is 0 Å². The number of carbonyl (C=O) groups is 2. The van der Waals surface area contributed by atoms with E-state index in [0.29, 0.717) is 17.9 Å². The van der Waals surface area contributed by atoms with E-state index < -0.39 is 11.9 Å². The molecule has 1 aromatic carbocycles. The highest BCUT2D eigenvalue weighted by molar-refractivity contribution is 6.04. The SMILES string of the molecule is CCCCNC(=O)NC(=O)c1ccc(OC)cc1. The number of carbonyl (C=O) groups excluding carboxylic acids is 2. The van der Waals surface area contributed by atoms with Crippen LogP contribution in [0.1, 0.15) is 30.1 Å². The van der Waals surface area contributed by atoms with Crippen molar-refractivity contribution in [1.82, 2.24) is 10.6 Å². The minimum Gasteiger partial charge on any atom is -0.497 e. The Balaban J connectivity index is 2.46. The first-order valence-electron chi connectivity index (χ1n) is 5.90. The summed E-state index contributed by atoms with van der Waals surface area (Å²) in [5, 5.41) is 4.87. The largest absolute Gasteiger partial charge is 0.497 e. The van der Waals surface area contributed by atoms with Gasteiger partial charge in [0.05, 0.1) is 7.11 Å². The fraction of sp³-hybridized carbons (Fsp3) is 0.385. The number of hydrogen-bond acceptors (Lipinski definition) is 3. The summed E-state index contributed by atoms with van der Waals surface area (Å²) in [5.74, 6) is 0.241. The normalized spacial score (nSPS) is 9.67. The molecule has 1 aromatic rings. The zero-order valence-corrected chi connectivity index (χ0v) is 10.7. The molecule has 0 spiro atoms. The van der Waals surface area contributed by atoms with Gasteiger partial charge in [-0.3, -0.25) is 10.1 Å². The van der Waals surface area contributed by atoms with Crippen LogP contribution < -0.4 is 15.4 Å². The number of ether oxygens (including phenoxy) is 1. The van der Waals surface area contributed by atoms with Crippen LogP contribution in [-0.4, -0.2) is 25.6 Å². The summed E-state index contributed by atoms with van der Waals surface area (Å²) >= 11 is 0. The highest BCUT2D eigenvalue weighted by Gasteiger charge is 2.09. The van der Waals surface area contributed by atoms with Gasteiger partial charge in [-0.15, -0.1) is 0 Å². The van der Waals surface area contributed by atoms with Crippen molar-refractivity contribution >= 4 is 11.9 Å². The summed E-state index contributed by atoms with van der Waals surface area (Å²) in [6.45, 7) is 2.60. The Bertz CT molecular complexity index is 401. The Morgan fingerprint density at radius 3 is 2.44 bits per heavy atom. The molecule has 0 aliphatic heterocycles. The Morgan fingerprint density at radius 1 is 1.22 bits per heavy atom. The number of rotatable bonds is 5. The maximum atomic E-state index is 11.7. The third-order valence-corrected chi connectivity index (χ3v) is 2.40. The Labute approximate surface area is 107 Å². The molecule has 0 fully saturated rings. The molecule has 3 amide bonds. The van der Waals surface area contributed by atoms with Crippen LogP contribution in [0.4, 0.5) is 4.79 Å². The molecule has 5 heteroatoms. The first-order chi connectivity index (χ1) is 8.67. The number of hydrogen-bond donors (Lipinski definition) is 2. The van der Waals surface area contributed by atoms with Crippen molar-refractivity contribution in [3.63, 3.8) is 0 Å². The topological polar surface area (TPSA) is 67.4 Å². The molecule has 0 unspecified atom stereocenters. The molecule has 98 valence electrons. The van der Waals surface area contributed by atoms with Crippen molar-refractivity contribution in [2.45, 2.75) is 19.8 Å². The van der Waals surface area contributed by atoms with Gasteiger partial charge >= 0.3 is 6.03 Å². The van der Waals surface area contributed by atoms with E-state index in [1.165, 1.54) is 0 Å². The molecule has 1 rings (SSSR count). The minimum atomic E-state index is -0.468. The molecule has 0 aliphatic carbocycles. The second-order valence-corrected chi connectivity index (χ2v) is 3.79. The van der Waals surface area contributed by atoms with E-state index in [4.69, 9.17) is 4.74 Å². The molecule has 0 saturated carbocycles. The van der Waals surface area contributed by atoms with Gasteiger partial charge in [0, 0.05) is 12.1 Å². The van der Waals surface area contributed by atoms with E-state index in [1.807, 2.05) is 6.92 Å². The van der Waals surface area contributed by atoms with Crippen LogP contribution in [-0.2, 0) is 0 Å². The highest BCUT2D eigenvalue weighted by Crippen LogP contribution is 2.10. The Hall–Kier alpha value is -2.04. The lowest BCUT2D eigenvalue weighted by molar-refractivity contribution is 0.0964. The maximum Gasteiger partial charge on any atom is 0.321 e. The van der Waals surface area contributed by atoms with Gasteiger partial charge < -0.3 is 10.1 Å². The van der Waals surface area contributed by atoms with Crippen LogP contribution in [0.3, 0.4) is 0 Å². The van der Waals surface area contributed by atoms with E-state index in [0.717, 1.165) is 12.8 Å². The second kappa shape index (κ2) is 7.32. The summed E-state index contributed by atoms with van der Waals surface area (Å²) < 4.78 is 4.98. The van der Waals surface area contributed by atoms with Gasteiger partial charge in [-0.25, -0.2) is 4.79 Å². The van der Waals surface area contributed by atoms with Gasteiger partial charge in [0.25, 0.3) is 5.91 Å². The molecule has 0 radical (unpaired) electrons. The number of unbranched alkanes of at least 4 members (excludes halogenated alkanes) is 1. The summed E-state index contributed by atoms with van der Waals surface area (Å²) in [5.41, 5.74) is 0.418. The van der Waals surface area contributed by atoms with Gasteiger partial charge in [-0.2, -0.15) is 0 Å². The molecule has 0 aromatic heterocycles. The number of benzene rings is 1. The molecule has 0 atom stereocenters. The zero-order chi connectivity index (χ0) is 13.4. The molecule has 0 saturated heterocycles. The fourth-order valence-corrected chi connectivity index (χ4v) is 1.34. The van der Waals surface area contributed by atoms with Gasteiger partial charge in [-0.05, 0) is 30.7 Å². The third kappa shape index (κ3) is 4.45. The lowest BCUT2D eigenvalue weighted by Crippen LogP contribution is -2.39. The van der Waals surface area contributed by atoms with E-state index in [2.05, 4.69) is 10.6 Å². The van der Waals surface area contributed by atoms with Gasteiger partial charge in [-0.1, -0.05) is 13.3 Å². The Kier molecular flexibility index (Phi) is 5.70. The van der Waals surface area contributed by atoms with Gasteiger partial charge in [0.2, 0.25) is 0 Å². The molecular weight excluding hydrogens is 232 g/mol. The quantitative estimate of drug-likeness (QED) is 0.785. The Morgan fingerprint density at radius 2 is 1.89 bits per heavy atom. The van der Waals surface area contributed by atoms with E-state index >= 15 is 0 Å². The first kappa shape index (κ1) is 14.0. The number of imide groups is 1. The van der Waals surface area contributed by atoms with Crippen molar-refractivity contribution in [3.8, 4) is 5.75 Å². The van der Waals surface area contributed by atoms with Gasteiger partial charge in [0.1, 0.15) is 5.75 Å². The predicted molar refractivity (Wildman–Crippen MR) is 68.8 cm³/mol. The first-order valence-corrected chi connectivity index (χ1v) is 5.90. The second-order valence-electron chi connectivity index (χ2n) is 3.79. The lowest BCUT2D eigenvalue weighted by atomic mass is 10.2. The number of methoxy groups -OCH3 is 1. The molecule has 18 heavy (non-hydrogen) atoms. The molecular formula is C13H18N2O3. The number of amides is 3. The van der Waals surface area contributed by atoms with Crippen LogP contribution in [0.2, 0.25) is 0 Å². The van der Waals surface area contributed by atoms with E-state index in [1.54, 1.807) is 31.4 Å². The van der Waals surface area contributed by atoms with Crippen molar-refractivity contribution in [2.24, 2.45) is 0 Å². The van der Waals surface area contributed by atoms with Crippen molar-refractivity contribution in [2.75, 3.05) is 13.7 Å². The predicted octanol–water partition coefficient (Wildman–Crippen LogP) is 1.93. The summed E-state index contributed by atoms with van der Waals surface area (Å²) in [6.07, 6.45) is 1.89. The van der Waals surface area contributed by atoms with Crippen molar-refractivity contribution < 1.29 is 14.3 Å². The van der Waals surface area contributed by atoms with Crippen LogP contribution in [0.5, 0.6) is 5.75 Å². The standard InChI is InChI=1S/C13H18N2O3/c1-3-4-9-14-13(17)15-12(16)10-5-7-11(18-2)8-6-10/h5-8H,3-4,9H2,1-2H3,(H2,14,15,16,17). The zero-order valence-electron chi connectivity index (χ0n) is 10.7. The summed E-state index contributed by atoms with van der Waals surface area (Å²) in [6, 6.07) is 6.08. The minimum absolute atomic E-state index is 0.418. The fourth-order valence-electron chi connectivity index (χ4n) is 1.34. The maximum absolute atomic E-state index is 11.7. The molecule has 0 heterocycles. The molecule has 0 aliphatic rings. The highest BCUT2D eigenvalue weighted by atomic mass is 16.5. The third-order valence-electron chi connectivity index (χ3n) is 2.40. The van der Waals surface area contributed by atoms with E-state index in [9.17, 15) is 9.59 Å².